The maximum Gasteiger partial charge on any atom is 0.139 e. The summed E-state index contributed by atoms with van der Waals surface area (Å²) in [6.45, 7) is 1.83. The number of nitrogens with zero attached hydrogens (tertiary/aromatic N) is 3. The lowest BCUT2D eigenvalue weighted by molar-refractivity contribution is -0.0153. The zero-order chi connectivity index (χ0) is 23.0. The zero-order valence-corrected chi connectivity index (χ0v) is 19.9. The van der Waals surface area contributed by atoms with Crippen LogP contribution in [0.3, 0.4) is 0 Å². The van der Waals surface area contributed by atoms with Crippen LogP contribution in [0.1, 0.15) is 24.0 Å². The molecule has 1 aliphatic heterocycles. The van der Waals surface area contributed by atoms with Gasteiger partial charge in [-0.15, -0.1) is 0 Å². The second-order valence-corrected chi connectivity index (χ2v) is 9.54. The van der Waals surface area contributed by atoms with Crippen molar-refractivity contribution in [3.63, 3.8) is 0 Å². The van der Waals surface area contributed by atoms with Gasteiger partial charge in [-0.1, -0.05) is 65.7 Å². The Labute approximate surface area is 203 Å². The SMILES string of the molecule is CN1CCCC(C(O)(c2cccnc2)c2ccc3nc(Cl)c(-c4ccccc4)c(Cl)c3c2)C1. The quantitative estimate of drug-likeness (QED) is 0.356. The van der Waals surface area contributed by atoms with E-state index in [-0.39, 0.29) is 5.92 Å². The molecule has 1 saturated heterocycles. The highest BCUT2D eigenvalue weighted by atomic mass is 35.5. The van der Waals surface area contributed by atoms with E-state index in [1.807, 2.05) is 60.7 Å². The average molecular weight is 478 g/mol. The summed E-state index contributed by atoms with van der Waals surface area (Å²) in [5, 5.41) is 14.0. The molecule has 4 nitrogen and oxygen atoms in total. The molecule has 3 heterocycles. The predicted molar refractivity (Wildman–Crippen MR) is 135 cm³/mol. The van der Waals surface area contributed by atoms with Gasteiger partial charge in [0.1, 0.15) is 10.8 Å². The monoisotopic (exact) mass is 477 g/mol. The van der Waals surface area contributed by atoms with Gasteiger partial charge in [0.2, 0.25) is 0 Å². The number of rotatable bonds is 4. The highest BCUT2D eigenvalue weighted by Gasteiger charge is 2.42. The molecule has 5 rings (SSSR count). The summed E-state index contributed by atoms with van der Waals surface area (Å²) < 4.78 is 0. The smallest absolute Gasteiger partial charge is 0.139 e. The molecular formula is C27H25Cl2N3O. The Kier molecular flexibility index (Phi) is 6.11. The van der Waals surface area contributed by atoms with E-state index in [1.54, 1.807) is 12.4 Å². The van der Waals surface area contributed by atoms with E-state index in [0.717, 1.165) is 48.0 Å². The molecule has 33 heavy (non-hydrogen) atoms. The van der Waals surface area contributed by atoms with Gasteiger partial charge in [0.05, 0.1) is 10.5 Å². The summed E-state index contributed by atoms with van der Waals surface area (Å²) >= 11 is 13.5. The highest BCUT2D eigenvalue weighted by Crippen LogP contribution is 2.44. The molecule has 2 unspecified atom stereocenters. The lowest BCUT2D eigenvalue weighted by Gasteiger charge is -2.42. The molecular weight excluding hydrogens is 453 g/mol. The summed E-state index contributed by atoms with van der Waals surface area (Å²) in [5.74, 6) is 0.0190. The van der Waals surface area contributed by atoms with Crippen molar-refractivity contribution >= 4 is 34.1 Å². The maximum atomic E-state index is 12.3. The Balaban J connectivity index is 1.71. The minimum absolute atomic E-state index is 0.0190. The van der Waals surface area contributed by atoms with Crippen LogP contribution in [0.25, 0.3) is 22.0 Å². The number of pyridine rings is 2. The van der Waals surface area contributed by atoms with Crippen LogP contribution in [0.4, 0.5) is 0 Å². The Morgan fingerprint density at radius 1 is 1.03 bits per heavy atom. The molecule has 0 aliphatic carbocycles. The fraction of sp³-hybridized carbons (Fsp3) is 0.259. The summed E-state index contributed by atoms with van der Waals surface area (Å²) in [6, 6.07) is 19.4. The average Bonchev–Trinajstić information content (AvgIpc) is 2.84. The minimum Gasteiger partial charge on any atom is -0.380 e. The van der Waals surface area contributed by atoms with Crippen molar-refractivity contribution in [1.82, 2.24) is 14.9 Å². The molecule has 1 aliphatic rings. The Bertz CT molecular complexity index is 1280. The standard InChI is InChI=1S/C27H25Cl2N3O/c1-32-14-6-10-21(17-32)27(33,20-9-5-13-30-16-20)19-11-12-23-22(15-19)25(28)24(26(29)31-23)18-7-3-2-4-8-18/h2-5,7-9,11-13,15-16,21,33H,6,10,14,17H2,1H3. The Hall–Kier alpha value is -2.50. The molecule has 168 valence electrons. The van der Waals surface area contributed by atoms with E-state index in [0.29, 0.717) is 21.3 Å². The largest absolute Gasteiger partial charge is 0.380 e. The zero-order valence-electron chi connectivity index (χ0n) is 18.4. The molecule has 0 radical (unpaired) electrons. The van der Waals surface area contributed by atoms with Crippen LogP contribution in [0.15, 0.2) is 73.1 Å². The van der Waals surface area contributed by atoms with Crippen molar-refractivity contribution in [3.05, 3.63) is 94.4 Å². The van der Waals surface area contributed by atoms with Crippen LogP contribution in [-0.4, -0.2) is 40.1 Å². The number of aliphatic hydroxyl groups is 1. The number of benzene rings is 2. The van der Waals surface area contributed by atoms with E-state index in [2.05, 4.69) is 21.9 Å². The van der Waals surface area contributed by atoms with Crippen molar-refractivity contribution in [2.75, 3.05) is 20.1 Å². The van der Waals surface area contributed by atoms with Crippen molar-refractivity contribution in [1.29, 1.82) is 0 Å². The van der Waals surface area contributed by atoms with Gasteiger partial charge in [-0.05, 0) is 55.8 Å². The van der Waals surface area contributed by atoms with Gasteiger partial charge in [-0.3, -0.25) is 4.98 Å². The normalized spacial score (nSPS) is 18.8. The van der Waals surface area contributed by atoms with Crippen LogP contribution < -0.4 is 0 Å². The summed E-state index contributed by atoms with van der Waals surface area (Å²) in [5.41, 5.74) is 2.67. The number of halogens is 2. The summed E-state index contributed by atoms with van der Waals surface area (Å²) in [6.07, 6.45) is 5.45. The second-order valence-electron chi connectivity index (χ2n) is 8.80. The first-order chi connectivity index (χ1) is 16.0. The van der Waals surface area contributed by atoms with Crippen LogP contribution in [0, 0.1) is 5.92 Å². The number of fused-ring (bicyclic) bond motifs is 1. The van der Waals surface area contributed by atoms with Crippen LogP contribution >= 0.6 is 23.2 Å². The number of aromatic nitrogens is 2. The molecule has 2 aromatic heterocycles. The Morgan fingerprint density at radius 2 is 1.85 bits per heavy atom. The fourth-order valence-corrected chi connectivity index (χ4v) is 5.71. The van der Waals surface area contributed by atoms with Crippen molar-refractivity contribution in [2.24, 2.45) is 5.92 Å². The third-order valence-electron chi connectivity index (χ3n) is 6.70. The van der Waals surface area contributed by atoms with Gasteiger partial charge in [-0.25, -0.2) is 4.98 Å². The van der Waals surface area contributed by atoms with Crippen molar-refractivity contribution < 1.29 is 5.11 Å². The lowest BCUT2D eigenvalue weighted by Crippen LogP contribution is -2.45. The van der Waals surface area contributed by atoms with E-state index in [4.69, 9.17) is 23.2 Å². The summed E-state index contributed by atoms with van der Waals surface area (Å²) in [7, 11) is 2.10. The van der Waals surface area contributed by atoms with Gasteiger partial charge >= 0.3 is 0 Å². The first-order valence-electron chi connectivity index (χ1n) is 11.1. The molecule has 4 aromatic rings. The molecule has 2 aromatic carbocycles. The number of hydrogen-bond acceptors (Lipinski definition) is 4. The molecule has 2 atom stereocenters. The first kappa shape index (κ1) is 22.3. The molecule has 0 amide bonds. The second kappa shape index (κ2) is 9.03. The van der Waals surface area contributed by atoms with Gasteiger partial charge in [-0.2, -0.15) is 0 Å². The van der Waals surface area contributed by atoms with Gasteiger partial charge < -0.3 is 10.0 Å². The molecule has 1 N–H and O–H groups in total. The predicted octanol–water partition coefficient (Wildman–Crippen LogP) is 6.18. The van der Waals surface area contributed by atoms with Crippen LogP contribution in [-0.2, 0) is 5.60 Å². The molecule has 1 fully saturated rings. The highest BCUT2D eigenvalue weighted by molar-refractivity contribution is 6.42. The molecule has 0 bridgehead atoms. The van der Waals surface area contributed by atoms with E-state index in [9.17, 15) is 5.11 Å². The third kappa shape index (κ3) is 4.02. The van der Waals surface area contributed by atoms with Crippen molar-refractivity contribution in [2.45, 2.75) is 18.4 Å². The van der Waals surface area contributed by atoms with E-state index < -0.39 is 5.60 Å². The molecule has 0 spiro atoms. The first-order valence-corrected chi connectivity index (χ1v) is 11.9. The number of piperidine rings is 1. The van der Waals surface area contributed by atoms with Crippen molar-refractivity contribution in [3.8, 4) is 11.1 Å². The van der Waals surface area contributed by atoms with E-state index >= 15 is 0 Å². The van der Waals surface area contributed by atoms with Gasteiger partial charge in [0, 0.05) is 41.4 Å². The van der Waals surface area contributed by atoms with Gasteiger partial charge in [0.25, 0.3) is 0 Å². The van der Waals surface area contributed by atoms with Gasteiger partial charge in [0.15, 0.2) is 0 Å². The van der Waals surface area contributed by atoms with Crippen LogP contribution in [0.5, 0.6) is 0 Å². The molecule has 0 saturated carbocycles. The maximum absolute atomic E-state index is 12.3. The van der Waals surface area contributed by atoms with Crippen LogP contribution in [0.2, 0.25) is 10.2 Å². The number of hydrogen-bond donors (Lipinski definition) is 1. The number of likely N-dealkylation sites (tertiary alicyclic amines) is 1. The third-order valence-corrected chi connectivity index (χ3v) is 7.36. The van der Waals surface area contributed by atoms with E-state index in [1.165, 1.54) is 0 Å². The minimum atomic E-state index is -1.20. The molecule has 6 heteroatoms. The topological polar surface area (TPSA) is 49.2 Å². The fourth-order valence-electron chi connectivity index (χ4n) is 5.02. The lowest BCUT2D eigenvalue weighted by atomic mass is 9.73. The summed E-state index contributed by atoms with van der Waals surface area (Å²) in [4.78, 5) is 11.2. The Morgan fingerprint density at radius 3 is 2.58 bits per heavy atom.